The summed E-state index contributed by atoms with van der Waals surface area (Å²) in [6.45, 7) is 5.93. The van der Waals surface area contributed by atoms with Crippen molar-refractivity contribution in [2.24, 2.45) is 0 Å². The van der Waals surface area contributed by atoms with E-state index in [0.29, 0.717) is 41.7 Å². The highest BCUT2D eigenvalue weighted by atomic mass is 35.5. The number of hydrogen-bond donors (Lipinski definition) is 0. The first-order valence-corrected chi connectivity index (χ1v) is 8.04. The van der Waals surface area contributed by atoms with Gasteiger partial charge in [0.1, 0.15) is 13.2 Å². The van der Waals surface area contributed by atoms with Crippen LogP contribution in [-0.4, -0.2) is 68.6 Å². The van der Waals surface area contributed by atoms with Crippen LogP contribution in [0.5, 0.6) is 11.5 Å². The maximum Gasteiger partial charge on any atom is 0.165 e. The monoisotopic (exact) mass is 324 g/mol. The summed E-state index contributed by atoms with van der Waals surface area (Å²) in [6.07, 6.45) is 0.475. The minimum absolute atomic E-state index is 0.0564. The van der Waals surface area contributed by atoms with Crippen LogP contribution in [0.1, 0.15) is 16.8 Å². The molecule has 0 atom stereocenters. The molecule has 0 aromatic heterocycles. The van der Waals surface area contributed by atoms with Gasteiger partial charge in [-0.2, -0.15) is 0 Å². The third-order valence-corrected chi connectivity index (χ3v) is 4.50. The summed E-state index contributed by atoms with van der Waals surface area (Å²) < 4.78 is 11.0. The van der Waals surface area contributed by atoms with Crippen molar-refractivity contribution < 1.29 is 14.3 Å². The standard InChI is InChI=1S/C16H21ClN2O3/c1-18-4-6-19(7-5-18)3-2-14(20)12-10-15-16(11-13(12)17)22-9-8-21-15/h10-11H,2-9H2,1H3. The SMILES string of the molecule is CN1CCN(CCC(=O)c2cc3c(cc2Cl)OCCO3)CC1. The molecule has 6 heteroatoms. The number of hydrogen-bond acceptors (Lipinski definition) is 5. The molecular weight excluding hydrogens is 304 g/mol. The van der Waals surface area contributed by atoms with Crippen LogP contribution in [-0.2, 0) is 0 Å². The molecule has 0 saturated carbocycles. The van der Waals surface area contributed by atoms with Crippen LogP contribution in [0.2, 0.25) is 5.02 Å². The molecule has 5 nitrogen and oxygen atoms in total. The van der Waals surface area contributed by atoms with Crippen LogP contribution in [0.4, 0.5) is 0 Å². The van der Waals surface area contributed by atoms with E-state index in [1.807, 2.05) is 0 Å². The smallest absolute Gasteiger partial charge is 0.165 e. The van der Waals surface area contributed by atoms with Crippen LogP contribution in [0.3, 0.4) is 0 Å². The van der Waals surface area contributed by atoms with Gasteiger partial charge in [0.2, 0.25) is 0 Å². The summed E-state index contributed by atoms with van der Waals surface area (Å²) >= 11 is 6.22. The van der Waals surface area contributed by atoms with Gasteiger partial charge in [0.05, 0.1) is 5.02 Å². The minimum Gasteiger partial charge on any atom is -0.486 e. The van der Waals surface area contributed by atoms with E-state index in [1.165, 1.54) is 0 Å². The van der Waals surface area contributed by atoms with Crippen molar-refractivity contribution in [2.45, 2.75) is 6.42 Å². The van der Waals surface area contributed by atoms with Gasteiger partial charge >= 0.3 is 0 Å². The molecule has 0 unspecified atom stereocenters. The van der Waals surface area contributed by atoms with Gasteiger partial charge in [-0.25, -0.2) is 0 Å². The molecule has 0 spiro atoms. The lowest BCUT2D eigenvalue weighted by Crippen LogP contribution is -2.45. The zero-order valence-corrected chi connectivity index (χ0v) is 13.6. The Morgan fingerprint density at radius 1 is 1.14 bits per heavy atom. The number of halogens is 1. The van der Waals surface area contributed by atoms with E-state index in [2.05, 4.69) is 16.8 Å². The van der Waals surface area contributed by atoms with E-state index in [0.717, 1.165) is 32.7 Å². The summed E-state index contributed by atoms with van der Waals surface area (Å²) in [7, 11) is 2.12. The number of benzene rings is 1. The van der Waals surface area contributed by atoms with Gasteiger partial charge in [-0.05, 0) is 13.1 Å². The highest BCUT2D eigenvalue weighted by molar-refractivity contribution is 6.34. The normalized spacial score (nSPS) is 19.2. The molecule has 0 bridgehead atoms. The van der Waals surface area contributed by atoms with Crippen LogP contribution in [0.15, 0.2) is 12.1 Å². The fraction of sp³-hybridized carbons (Fsp3) is 0.562. The lowest BCUT2D eigenvalue weighted by molar-refractivity contribution is 0.0941. The van der Waals surface area contributed by atoms with E-state index in [1.54, 1.807) is 12.1 Å². The van der Waals surface area contributed by atoms with E-state index < -0.39 is 0 Å². The Labute approximate surface area is 135 Å². The molecule has 120 valence electrons. The van der Waals surface area contributed by atoms with Gasteiger partial charge < -0.3 is 19.3 Å². The molecule has 2 heterocycles. The number of ether oxygens (including phenoxy) is 2. The lowest BCUT2D eigenvalue weighted by Gasteiger charge is -2.32. The quantitative estimate of drug-likeness (QED) is 0.792. The molecule has 1 aromatic carbocycles. The first kappa shape index (κ1) is 15.6. The van der Waals surface area contributed by atoms with E-state index >= 15 is 0 Å². The van der Waals surface area contributed by atoms with Crippen molar-refractivity contribution in [1.82, 2.24) is 9.80 Å². The fourth-order valence-electron chi connectivity index (χ4n) is 2.74. The van der Waals surface area contributed by atoms with Crippen LogP contribution in [0.25, 0.3) is 0 Å². The molecule has 2 aliphatic rings. The van der Waals surface area contributed by atoms with Crippen molar-refractivity contribution in [3.63, 3.8) is 0 Å². The Morgan fingerprint density at radius 3 is 2.45 bits per heavy atom. The highest BCUT2D eigenvalue weighted by Crippen LogP contribution is 2.35. The Hall–Kier alpha value is -1.30. The second kappa shape index (κ2) is 6.86. The molecule has 1 fully saturated rings. The number of rotatable bonds is 4. The largest absolute Gasteiger partial charge is 0.486 e. The predicted molar refractivity (Wildman–Crippen MR) is 85.3 cm³/mol. The number of carbonyl (C=O) groups is 1. The summed E-state index contributed by atoms with van der Waals surface area (Å²) in [5.41, 5.74) is 0.528. The van der Waals surface area contributed by atoms with E-state index in [4.69, 9.17) is 21.1 Å². The molecule has 2 aliphatic heterocycles. The van der Waals surface area contributed by atoms with Gasteiger partial charge in [-0.1, -0.05) is 11.6 Å². The maximum atomic E-state index is 12.4. The average molecular weight is 325 g/mol. The van der Waals surface area contributed by atoms with Gasteiger partial charge in [0.25, 0.3) is 0 Å². The zero-order valence-electron chi connectivity index (χ0n) is 12.8. The van der Waals surface area contributed by atoms with Crippen LogP contribution >= 0.6 is 11.6 Å². The Bertz CT molecular complexity index is 557. The first-order chi connectivity index (χ1) is 10.6. The average Bonchev–Trinajstić information content (AvgIpc) is 2.53. The molecule has 3 rings (SSSR count). The van der Waals surface area contributed by atoms with Gasteiger partial charge in [0, 0.05) is 50.8 Å². The molecule has 0 amide bonds. The fourth-order valence-corrected chi connectivity index (χ4v) is 3.00. The number of carbonyl (C=O) groups excluding carboxylic acids is 1. The van der Waals surface area contributed by atoms with Crippen molar-refractivity contribution in [1.29, 1.82) is 0 Å². The van der Waals surface area contributed by atoms with E-state index in [-0.39, 0.29) is 5.78 Å². The molecule has 1 saturated heterocycles. The lowest BCUT2D eigenvalue weighted by atomic mass is 10.1. The number of piperazine rings is 1. The topological polar surface area (TPSA) is 42.0 Å². The molecular formula is C16H21ClN2O3. The van der Waals surface area contributed by atoms with Gasteiger partial charge in [0.15, 0.2) is 17.3 Å². The Morgan fingerprint density at radius 2 is 1.77 bits per heavy atom. The summed E-state index contributed by atoms with van der Waals surface area (Å²) in [6, 6.07) is 3.39. The second-order valence-electron chi connectivity index (χ2n) is 5.79. The number of likely N-dealkylation sites (N-methyl/N-ethyl adjacent to an activating group) is 1. The summed E-state index contributed by atoms with van der Waals surface area (Å²) in [5.74, 6) is 1.28. The zero-order chi connectivity index (χ0) is 15.5. The molecule has 0 aliphatic carbocycles. The van der Waals surface area contributed by atoms with Crippen molar-refractivity contribution >= 4 is 17.4 Å². The second-order valence-corrected chi connectivity index (χ2v) is 6.20. The summed E-state index contributed by atoms with van der Waals surface area (Å²) in [5, 5.41) is 0.438. The van der Waals surface area contributed by atoms with Crippen LogP contribution < -0.4 is 9.47 Å². The number of Topliss-reactive ketones (excluding diaryl/α,β-unsaturated/α-hetero) is 1. The van der Waals surface area contributed by atoms with Crippen molar-refractivity contribution in [2.75, 3.05) is 53.0 Å². The Kier molecular flexibility index (Phi) is 4.86. The molecule has 0 N–H and O–H groups in total. The summed E-state index contributed by atoms with van der Waals surface area (Å²) in [4.78, 5) is 17.1. The third-order valence-electron chi connectivity index (χ3n) is 4.18. The highest BCUT2D eigenvalue weighted by Gasteiger charge is 2.20. The predicted octanol–water partition coefficient (Wildman–Crippen LogP) is 1.93. The third kappa shape index (κ3) is 3.54. The van der Waals surface area contributed by atoms with E-state index in [9.17, 15) is 4.79 Å². The minimum atomic E-state index is 0.0564. The van der Waals surface area contributed by atoms with Crippen molar-refractivity contribution in [3.05, 3.63) is 22.7 Å². The molecule has 1 aromatic rings. The van der Waals surface area contributed by atoms with Gasteiger partial charge in [-0.15, -0.1) is 0 Å². The number of nitrogens with zero attached hydrogens (tertiary/aromatic N) is 2. The van der Waals surface area contributed by atoms with Crippen LogP contribution in [0, 0.1) is 0 Å². The number of ketones is 1. The maximum absolute atomic E-state index is 12.4. The molecule has 0 radical (unpaired) electrons. The molecule has 22 heavy (non-hydrogen) atoms. The van der Waals surface area contributed by atoms with Gasteiger partial charge in [-0.3, -0.25) is 4.79 Å². The first-order valence-electron chi connectivity index (χ1n) is 7.67. The van der Waals surface area contributed by atoms with Crippen molar-refractivity contribution in [3.8, 4) is 11.5 Å². The Balaban J connectivity index is 1.62. The number of fused-ring (bicyclic) bond motifs is 1.